The highest BCUT2D eigenvalue weighted by Crippen LogP contribution is 2.44. The number of nitrogens with two attached hydrogens (primary N) is 2. The second kappa shape index (κ2) is 4.61. The molecule has 1 amide bonds. The van der Waals surface area contributed by atoms with Gasteiger partial charge in [-0.25, -0.2) is 13.8 Å². The first kappa shape index (κ1) is 15.1. The first-order chi connectivity index (χ1) is 9.58. The molecular weight excluding hydrogens is 294 g/mol. The number of rotatable bonds is 2. The van der Waals surface area contributed by atoms with E-state index in [1.54, 1.807) is 0 Å². The maximum absolute atomic E-state index is 14.1. The Kier molecular flexibility index (Phi) is 3.31. The molecule has 1 aromatic rings. The van der Waals surface area contributed by atoms with E-state index >= 15 is 0 Å². The lowest BCUT2D eigenvalue weighted by Crippen LogP contribution is -2.53. The van der Waals surface area contributed by atoms with Crippen molar-refractivity contribution in [2.45, 2.75) is 18.4 Å². The Morgan fingerprint density at radius 1 is 1.38 bits per heavy atom. The Morgan fingerprint density at radius 3 is 2.57 bits per heavy atom. The number of primary amides is 1. The first-order valence-corrected chi connectivity index (χ1v) is 5.74. The molecular formula is C12H11F4N3O2. The van der Waals surface area contributed by atoms with Crippen LogP contribution in [0.4, 0.5) is 17.6 Å². The highest BCUT2D eigenvalue weighted by Gasteiger charge is 2.57. The maximum Gasteiger partial charge on any atom is 0.310 e. The summed E-state index contributed by atoms with van der Waals surface area (Å²) >= 11 is 0. The van der Waals surface area contributed by atoms with Gasteiger partial charge in [0.15, 0.2) is 11.6 Å². The Morgan fingerprint density at radius 2 is 2.00 bits per heavy atom. The number of ether oxygens (including phenoxy) is 1. The topological polar surface area (TPSA) is 90.7 Å². The molecule has 1 aliphatic rings. The van der Waals surface area contributed by atoms with E-state index in [1.165, 1.54) is 0 Å². The van der Waals surface area contributed by atoms with Crippen LogP contribution in [-0.4, -0.2) is 24.4 Å². The van der Waals surface area contributed by atoms with Gasteiger partial charge in [0.25, 0.3) is 6.02 Å². The molecule has 9 heteroatoms. The molecule has 0 aliphatic carbocycles. The fraction of sp³-hybridized carbons (Fsp3) is 0.333. The van der Waals surface area contributed by atoms with Crippen molar-refractivity contribution in [2.24, 2.45) is 16.5 Å². The Bertz CT molecular complexity index is 648. The van der Waals surface area contributed by atoms with Crippen LogP contribution in [0.15, 0.2) is 17.1 Å². The lowest BCUT2D eigenvalue weighted by Gasteiger charge is -2.39. The molecule has 0 bridgehead atoms. The van der Waals surface area contributed by atoms with Crippen LogP contribution in [-0.2, 0) is 10.3 Å². The van der Waals surface area contributed by atoms with Crippen molar-refractivity contribution in [3.05, 3.63) is 34.9 Å². The maximum atomic E-state index is 14.1. The molecule has 0 spiro atoms. The van der Waals surface area contributed by atoms with Crippen LogP contribution in [0.3, 0.4) is 0 Å². The number of halogens is 4. The predicted octanol–water partition coefficient (Wildman–Crippen LogP) is 1.26. The van der Waals surface area contributed by atoms with Crippen LogP contribution < -0.4 is 11.5 Å². The lowest BCUT2D eigenvalue weighted by molar-refractivity contribution is -0.173. The quantitative estimate of drug-likeness (QED) is 0.806. The molecule has 0 unspecified atom stereocenters. The van der Waals surface area contributed by atoms with E-state index < -0.39 is 52.8 Å². The monoisotopic (exact) mass is 305 g/mol. The van der Waals surface area contributed by atoms with Crippen molar-refractivity contribution in [1.82, 2.24) is 0 Å². The Labute approximate surface area is 116 Å². The average Bonchev–Trinajstić information content (AvgIpc) is 2.37. The van der Waals surface area contributed by atoms with Crippen molar-refractivity contribution in [1.29, 1.82) is 0 Å². The van der Waals surface area contributed by atoms with Crippen LogP contribution in [0.2, 0.25) is 0 Å². The van der Waals surface area contributed by atoms with E-state index in [1.807, 2.05) is 0 Å². The first-order valence-electron chi connectivity index (χ1n) is 5.74. The minimum absolute atomic E-state index is 0.467. The second-order valence-electron chi connectivity index (χ2n) is 4.68. The van der Waals surface area contributed by atoms with E-state index in [0.29, 0.717) is 12.1 Å². The number of benzene rings is 1. The van der Waals surface area contributed by atoms with E-state index in [0.717, 1.165) is 6.92 Å². The molecule has 0 fully saturated rings. The fourth-order valence-electron chi connectivity index (χ4n) is 1.97. The van der Waals surface area contributed by atoms with Gasteiger partial charge >= 0.3 is 5.92 Å². The zero-order valence-electron chi connectivity index (χ0n) is 10.8. The van der Waals surface area contributed by atoms with Gasteiger partial charge in [0, 0.05) is 11.1 Å². The number of aliphatic imine (C=N–C) groups is 1. The van der Waals surface area contributed by atoms with Gasteiger partial charge in [-0.1, -0.05) is 0 Å². The summed E-state index contributed by atoms with van der Waals surface area (Å²) in [6.07, 6.45) is 0. The third kappa shape index (κ3) is 2.28. The minimum atomic E-state index is -3.67. The van der Waals surface area contributed by atoms with E-state index in [-0.39, 0.29) is 0 Å². The van der Waals surface area contributed by atoms with E-state index in [4.69, 9.17) is 16.2 Å². The van der Waals surface area contributed by atoms with Gasteiger partial charge in [-0.15, -0.1) is 0 Å². The van der Waals surface area contributed by atoms with Gasteiger partial charge in [-0.3, -0.25) is 4.79 Å². The summed E-state index contributed by atoms with van der Waals surface area (Å²) in [5.74, 6) is -7.83. The molecule has 0 saturated carbocycles. The normalized spacial score (nSPS) is 24.1. The number of amides is 1. The summed E-state index contributed by atoms with van der Waals surface area (Å²) in [7, 11) is 0. The summed E-state index contributed by atoms with van der Waals surface area (Å²) in [4.78, 5) is 14.3. The molecule has 0 saturated heterocycles. The van der Waals surface area contributed by atoms with Crippen molar-refractivity contribution >= 4 is 11.9 Å². The molecule has 0 radical (unpaired) electrons. The van der Waals surface area contributed by atoms with Crippen LogP contribution in [0.25, 0.3) is 0 Å². The summed E-state index contributed by atoms with van der Waals surface area (Å²) < 4.78 is 60.3. The molecule has 5 nitrogen and oxygen atoms in total. The summed E-state index contributed by atoms with van der Waals surface area (Å²) in [5, 5.41) is 0. The molecule has 0 aromatic heterocycles. The largest absolute Gasteiger partial charge is 0.448 e. The van der Waals surface area contributed by atoms with Crippen LogP contribution in [0.1, 0.15) is 22.8 Å². The zero-order valence-corrected chi connectivity index (χ0v) is 10.8. The van der Waals surface area contributed by atoms with Crippen LogP contribution in [0.5, 0.6) is 0 Å². The number of hydrogen-bond acceptors (Lipinski definition) is 4. The van der Waals surface area contributed by atoms with Gasteiger partial charge in [0.2, 0.25) is 11.5 Å². The highest BCUT2D eigenvalue weighted by molar-refractivity contribution is 5.93. The third-order valence-electron chi connectivity index (χ3n) is 3.27. The van der Waals surface area contributed by atoms with E-state index in [9.17, 15) is 22.4 Å². The van der Waals surface area contributed by atoms with Crippen molar-refractivity contribution in [2.75, 3.05) is 6.54 Å². The molecule has 1 heterocycles. The van der Waals surface area contributed by atoms with Crippen molar-refractivity contribution in [3.63, 3.8) is 0 Å². The number of carbonyl (C=O) groups excluding carboxylic acids is 1. The number of alkyl halides is 2. The average molecular weight is 305 g/mol. The summed E-state index contributed by atoms with van der Waals surface area (Å²) in [6.45, 7) is -0.228. The summed E-state index contributed by atoms with van der Waals surface area (Å²) in [6, 6.07) is 0.642. The standard InChI is InChI=1S/C12H11F4N3O2/c1-11(12(15,16)4-19-10(18)21-11)6-2-5(9(17)20)3-7(13)8(6)14/h2-3H,4H2,1H3,(H2,17,20)(H2,18,19)/t11-/m1/s1. The Balaban J connectivity index is 2.69. The molecule has 114 valence electrons. The minimum Gasteiger partial charge on any atom is -0.448 e. The number of amidine groups is 1. The third-order valence-corrected chi connectivity index (χ3v) is 3.27. The number of nitrogens with zero attached hydrogens (tertiary/aromatic N) is 1. The Hall–Kier alpha value is -2.32. The summed E-state index contributed by atoms with van der Waals surface area (Å²) in [5.41, 5.74) is 6.26. The van der Waals surface area contributed by atoms with Gasteiger partial charge in [-0.05, 0) is 19.1 Å². The second-order valence-corrected chi connectivity index (χ2v) is 4.68. The van der Waals surface area contributed by atoms with Crippen LogP contribution >= 0.6 is 0 Å². The number of carbonyl (C=O) groups is 1. The van der Waals surface area contributed by atoms with Crippen molar-refractivity contribution < 1.29 is 27.1 Å². The smallest absolute Gasteiger partial charge is 0.310 e. The van der Waals surface area contributed by atoms with Crippen LogP contribution in [0, 0.1) is 11.6 Å². The molecule has 1 atom stereocenters. The highest BCUT2D eigenvalue weighted by atomic mass is 19.3. The van der Waals surface area contributed by atoms with Gasteiger partial charge in [0.05, 0.1) is 0 Å². The zero-order chi connectivity index (χ0) is 16.0. The van der Waals surface area contributed by atoms with Gasteiger partial charge in [-0.2, -0.15) is 8.78 Å². The van der Waals surface area contributed by atoms with E-state index in [2.05, 4.69) is 4.99 Å². The molecule has 4 N–H and O–H groups in total. The predicted molar refractivity (Wildman–Crippen MR) is 64.7 cm³/mol. The molecule has 21 heavy (non-hydrogen) atoms. The SMILES string of the molecule is C[C@]1(c2cc(C(N)=O)cc(F)c2F)OC(N)=NCC1(F)F. The molecule has 1 aromatic carbocycles. The van der Waals surface area contributed by atoms with Gasteiger partial charge in [0.1, 0.15) is 6.54 Å². The molecule has 2 rings (SSSR count). The number of hydrogen-bond donors (Lipinski definition) is 2. The van der Waals surface area contributed by atoms with Gasteiger partial charge < -0.3 is 16.2 Å². The lowest BCUT2D eigenvalue weighted by atomic mass is 9.86. The van der Waals surface area contributed by atoms with Crippen molar-refractivity contribution in [3.8, 4) is 0 Å². The fourth-order valence-corrected chi connectivity index (χ4v) is 1.97. The molecule has 1 aliphatic heterocycles.